The third-order valence-corrected chi connectivity index (χ3v) is 4.09. The summed E-state index contributed by atoms with van der Waals surface area (Å²) < 4.78 is 0. The molecule has 0 aliphatic carbocycles. The van der Waals surface area contributed by atoms with Gasteiger partial charge in [-0.3, -0.25) is 4.79 Å². The number of thiazole rings is 1. The van der Waals surface area contributed by atoms with Gasteiger partial charge in [0.15, 0.2) is 0 Å². The molecule has 4 nitrogen and oxygen atoms in total. The van der Waals surface area contributed by atoms with Crippen LogP contribution in [0.5, 0.6) is 0 Å². The molecule has 1 atom stereocenters. The van der Waals surface area contributed by atoms with Gasteiger partial charge in [0, 0.05) is 28.6 Å². The Bertz CT molecular complexity index is 597. The highest BCUT2D eigenvalue weighted by Crippen LogP contribution is 2.24. The van der Waals surface area contributed by atoms with Gasteiger partial charge < -0.3 is 10.6 Å². The zero-order chi connectivity index (χ0) is 15.2. The molecule has 0 unspecified atom stereocenters. The van der Waals surface area contributed by atoms with Gasteiger partial charge >= 0.3 is 0 Å². The third-order valence-electron chi connectivity index (χ3n) is 2.95. The van der Waals surface area contributed by atoms with Gasteiger partial charge in [-0.25, -0.2) is 4.98 Å². The summed E-state index contributed by atoms with van der Waals surface area (Å²) >= 11 is 7.31. The average Bonchev–Trinajstić information content (AvgIpc) is 2.96. The normalized spacial score (nSPS) is 12.1. The summed E-state index contributed by atoms with van der Waals surface area (Å²) in [5.74, 6) is -0.142. The standard InChI is InChI=1S/C15H18ClN3OS/c1-3-17-10(2)8-18-14(20)13-9-21-15(19-13)11-4-6-12(16)7-5-11/h4-7,9-10,17H,3,8H2,1-2H3,(H,18,20)/t10-/m1/s1. The fourth-order valence-electron chi connectivity index (χ4n) is 1.86. The fraction of sp³-hybridized carbons (Fsp3) is 0.333. The average molecular weight is 324 g/mol. The molecule has 1 amide bonds. The van der Waals surface area contributed by atoms with E-state index < -0.39 is 0 Å². The van der Waals surface area contributed by atoms with Crippen molar-refractivity contribution in [2.45, 2.75) is 19.9 Å². The minimum absolute atomic E-state index is 0.142. The van der Waals surface area contributed by atoms with Crippen LogP contribution in [0.2, 0.25) is 5.02 Å². The van der Waals surface area contributed by atoms with Crippen molar-refractivity contribution >= 4 is 28.8 Å². The SMILES string of the molecule is CCN[C@H](C)CNC(=O)c1csc(-c2ccc(Cl)cc2)n1. The quantitative estimate of drug-likeness (QED) is 0.858. The molecular formula is C15H18ClN3OS. The third kappa shape index (κ3) is 4.52. The van der Waals surface area contributed by atoms with Gasteiger partial charge in [0.05, 0.1) is 0 Å². The van der Waals surface area contributed by atoms with Crippen molar-refractivity contribution in [3.63, 3.8) is 0 Å². The number of aromatic nitrogens is 1. The van der Waals surface area contributed by atoms with Gasteiger partial charge in [-0.15, -0.1) is 11.3 Å². The molecule has 0 saturated carbocycles. The molecule has 0 bridgehead atoms. The van der Waals surface area contributed by atoms with E-state index in [1.165, 1.54) is 11.3 Å². The van der Waals surface area contributed by atoms with Crippen molar-refractivity contribution in [2.24, 2.45) is 0 Å². The lowest BCUT2D eigenvalue weighted by Gasteiger charge is -2.12. The molecule has 0 radical (unpaired) electrons. The number of carbonyl (C=O) groups is 1. The topological polar surface area (TPSA) is 54.0 Å². The summed E-state index contributed by atoms with van der Waals surface area (Å²) in [5, 5.41) is 9.40. The first-order chi connectivity index (χ1) is 10.1. The van der Waals surface area contributed by atoms with Crippen LogP contribution >= 0.6 is 22.9 Å². The molecule has 2 N–H and O–H groups in total. The van der Waals surface area contributed by atoms with E-state index in [4.69, 9.17) is 11.6 Å². The number of hydrogen-bond donors (Lipinski definition) is 2. The van der Waals surface area contributed by atoms with Crippen LogP contribution in [0.15, 0.2) is 29.6 Å². The van der Waals surface area contributed by atoms with Crippen LogP contribution in [0, 0.1) is 0 Å². The van der Waals surface area contributed by atoms with Gasteiger partial charge in [0.2, 0.25) is 0 Å². The van der Waals surface area contributed by atoms with Gasteiger partial charge in [0.25, 0.3) is 5.91 Å². The largest absolute Gasteiger partial charge is 0.349 e. The van der Waals surface area contributed by atoms with E-state index in [-0.39, 0.29) is 11.9 Å². The number of nitrogens with one attached hydrogen (secondary N) is 2. The zero-order valence-corrected chi connectivity index (χ0v) is 13.6. The lowest BCUT2D eigenvalue weighted by molar-refractivity contribution is 0.0946. The minimum Gasteiger partial charge on any atom is -0.349 e. The highest BCUT2D eigenvalue weighted by atomic mass is 35.5. The van der Waals surface area contributed by atoms with Crippen LogP contribution in [0.1, 0.15) is 24.3 Å². The smallest absolute Gasteiger partial charge is 0.270 e. The summed E-state index contributed by atoms with van der Waals surface area (Å²) in [6.07, 6.45) is 0. The second kappa shape index (κ2) is 7.54. The molecule has 2 aromatic rings. The molecule has 112 valence electrons. The van der Waals surface area contributed by atoms with E-state index >= 15 is 0 Å². The summed E-state index contributed by atoms with van der Waals surface area (Å²) in [7, 11) is 0. The second-order valence-corrected chi connectivity index (χ2v) is 6.01. The summed E-state index contributed by atoms with van der Waals surface area (Å²) in [6.45, 7) is 5.54. The Morgan fingerprint density at radius 1 is 1.38 bits per heavy atom. The van der Waals surface area contributed by atoms with Crippen LogP contribution in [0.25, 0.3) is 10.6 Å². The molecule has 6 heteroatoms. The number of carbonyl (C=O) groups excluding carboxylic acids is 1. The van der Waals surface area contributed by atoms with E-state index in [0.29, 0.717) is 17.3 Å². The number of amides is 1. The Kier molecular flexibility index (Phi) is 5.73. The number of halogens is 1. The Balaban J connectivity index is 1.99. The Morgan fingerprint density at radius 2 is 2.10 bits per heavy atom. The van der Waals surface area contributed by atoms with Crippen LogP contribution in [0.4, 0.5) is 0 Å². The number of hydrogen-bond acceptors (Lipinski definition) is 4. The first-order valence-electron chi connectivity index (χ1n) is 6.83. The van der Waals surface area contributed by atoms with Crippen LogP contribution in [-0.4, -0.2) is 30.0 Å². The molecule has 0 fully saturated rings. The van der Waals surface area contributed by atoms with Crippen molar-refractivity contribution in [2.75, 3.05) is 13.1 Å². The summed E-state index contributed by atoms with van der Waals surface area (Å²) in [4.78, 5) is 16.4. The Hall–Kier alpha value is -1.43. The zero-order valence-electron chi connectivity index (χ0n) is 12.0. The van der Waals surface area contributed by atoms with Gasteiger partial charge in [0.1, 0.15) is 10.7 Å². The maximum atomic E-state index is 12.0. The predicted molar refractivity (Wildman–Crippen MR) is 88.0 cm³/mol. The maximum Gasteiger partial charge on any atom is 0.270 e. The monoisotopic (exact) mass is 323 g/mol. The highest BCUT2D eigenvalue weighted by molar-refractivity contribution is 7.13. The van der Waals surface area contributed by atoms with Gasteiger partial charge in [-0.2, -0.15) is 0 Å². The fourth-order valence-corrected chi connectivity index (χ4v) is 2.79. The molecule has 1 aromatic heterocycles. The maximum absolute atomic E-state index is 12.0. The molecule has 1 aromatic carbocycles. The number of nitrogens with zero attached hydrogens (tertiary/aromatic N) is 1. The molecular weight excluding hydrogens is 306 g/mol. The molecule has 0 spiro atoms. The molecule has 21 heavy (non-hydrogen) atoms. The van der Waals surface area contributed by atoms with Crippen LogP contribution in [0.3, 0.4) is 0 Å². The van der Waals surface area contributed by atoms with E-state index in [1.807, 2.05) is 38.1 Å². The molecule has 0 saturated heterocycles. The van der Waals surface area contributed by atoms with Crippen molar-refractivity contribution < 1.29 is 4.79 Å². The highest BCUT2D eigenvalue weighted by Gasteiger charge is 2.12. The Labute approximate surface area is 133 Å². The lowest BCUT2D eigenvalue weighted by atomic mass is 10.2. The molecule has 0 aliphatic heterocycles. The first-order valence-corrected chi connectivity index (χ1v) is 8.09. The summed E-state index contributed by atoms with van der Waals surface area (Å²) in [5.41, 5.74) is 1.41. The number of rotatable bonds is 6. The van der Waals surface area contributed by atoms with Crippen LogP contribution < -0.4 is 10.6 Å². The van der Waals surface area contributed by atoms with Crippen molar-refractivity contribution in [1.29, 1.82) is 0 Å². The Morgan fingerprint density at radius 3 is 2.76 bits per heavy atom. The number of benzene rings is 1. The second-order valence-electron chi connectivity index (χ2n) is 4.71. The van der Waals surface area contributed by atoms with Crippen molar-refractivity contribution in [3.8, 4) is 10.6 Å². The van der Waals surface area contributed by atoms with E-state index in [9.17, 15) is 4.79 Å². The lowest BCUT2D eigenvalue weighted by Crippen LogP contribution is -2.38. The minimum atomic E-state index is -0.142. The number of likely N-dealkylation sites (N-methyl/N-ethyl adjacent to an activating group) is 1. The van der Waals surface area contributed by atoms with E-state index in [0.717, 1.165) is 17.1 Å². The van der Waals surface area contributed by atoms with E-state index in [2.05, 4.69) is 15.6 Å². The van der Waals surface area contributed by atoms with Gasteiger partial charge in [-0.05, 0) is 25.6 Å². The molecule has 2 rings (SSSR count). The molecule has 1 heterocycles. The van der Waals surface area contributed by atoms with Crippen molar-refractivity contribution in [3.05, 3.63) is 40.4 Å². The van der Waals surface area contributed by atoms with Gasteiger partial charge in [-0.1, -0.05) is 30.7 Å². The van der Waals surface area contributed by atoms with E-state index in [1.54, 1.807) is 5.38 Å². The first kappa shape index (κ1) is 15.9. The van der Waals surface area contributed by atoms with Crippen LogP contribution in [-0.2, 0) is 0 Å². The predicted octanol–water partition coefficient (Wildman–Crippen LogP) is 3.19. The molecule has 0 aliphatic rings. The van der Waals surface area contributed by atoms with Crippen molar-refractivity contribution in [1.82, 2.24) is 15.6 Å². The summed E-state index contributed by atoms with van der Waals surface area (Å²) in [6, 6.07) is 7.67.